The van der Waals surface area contributed by atoms with Crippen LogP contribution < -0.4 is 4.74 Å². The van der Waals surface area contributed by atoms with Gasteiger partial charge in [0, 0.05) is 77.6 Å². The van der Waals surface area contributed by atoms with Crippen molar-refractivity contribution in [3.63, 3.8) is 0 Å². The Hall–Kier alpha value is -3.29. The largest absolute Gasteiger partial charge is 0.490 e. The van der Waals surface area contributed by atoms with Gasteiger partial charge in [-0.1, -0.05) is 30.3 Å². The van der Waals surface area contributed by atoms with E-state index in [0.29, 0.717) is 19.5 Å². The van der Waals surface area contributed by atoms with Crippen molar-refractivity contribution < 1.29 is 13.9 Å². The van der Waals surface area contributed by atoms with Gasteiger partial charge in [0.15, 0.2) is 0 Å². The number of carbonyl (C=O) groups excluding carboxylic acids is 1. The molecule has 7 heteroatoms. The van der Waals surface area contributed by atoms with Gasteiger partial charge in [-0.3, -0.25) is 19.6 Å². The van der Waals surface area contributed by atoms with E-state index in [-0.39, 0.29) is 17.8 Å². The molecule has 0 saturated carbocycles. The van der Waals surface area contributed by atoms with Gasteiger partial charge in [-0.15, -0.1) is 0 Å². The fourth-order valence-electron chi connectivity index (χ4n) is 5.13. The second kappa shape index (κ2) is 12.3. The monoisotopic (exact) mass is 502 g/mol. The molecule has 0 spiro atoms. The van der Waals surface area contributed by atoms with Crippen LogP contribution in [0, 0.1) is 5.82 Å². The first-order valence-corrected chi connectivity index (χ1v) is 13.2. The molecular formula is C30H35FN4O2. The van der Waals surface area contributed by atoms with Crippen molar-refractivity contribution in [2.75, 3.05) is 39.3 Å². The minimum absolute atomic E-state index is 0.0904. The molecule has 2 aromatic carbocycles. The molecule has 1 aromatic heterocycles. The van der Waals surface area contributed by atoms with E-state index in [1.165, 1.54) is 23.3 Å². The first kappa shape index (κ1) is 25.4. The molecule has 2 aliphatic rings. The maximum absolute atomic E-state index is 13.1. The molecule has 5 rings (SSSR count). The fourth-order valence-corrected chi connectivity index (χ4v) is 5.13. The molecule has 0 N–H and O–H groups in total. The first-order valence-electron chi connectivity index (χ1n) is 13.2. The van der Waals surface area contributed by atoms with Crippen molar-refractivity contribution in [1.82, 2.24) is 19.7 Å². The summed E-state index contributed by atoms with van der Waals surface area (Å²) in [6.45, 7) is 7.48. The summed E-state index contributed by atoms with van der Waals surface area (Å²) in [6.07, 6.45) is 5.83. The van der Waals surface area contributed by atoms with Crippen LogP contribution >= 0.6 is 0 Å². The van der Waals surface area contributed by atoms with Crippen LogP contribution in [0.25, 0.3) is 0 Å². The van der Waals surface area contributed by atoms with E-state index < -0.39 is 0 Å². The summed E-state index contributed by atoms with van der Waals surface area (Å²) in [7, 11) is 0. The predicted octanol–water partition coefficient (Wildman–Crippen LogP) is 4.15. The molecule has 0 aliphatic carbocycles. The number of piperazine rings is 1. The second-order valence-electron chi connectivity index (χ2n) is 10.1. The number of hydrogen-bond acceptors (Lipinski definition) is 5. The molecule has 0 radical (unpaired) electrons. The Morgan fingerprint density at radius 1 is 0.838 bits per heavy atom. The van der Waals surface area contributed by atoms with Gasteiger partial charge in [0.05, 0.1) is 6.42 Å². The molecule has 3 aromatic rings. The van der Waals surface area contributed by atoms with E-state index in [0.717, 1.165) is 63.4 Å². The van der Waals surface area contributed by atoms with Crippen LogP contribution in [0.1, 0.15) is 29.5 Å². The molecule has 6 nitrogen and oxygen atoms in total. The number of pyridine rings is 1. The molecule has 0 unspecified atom stereocenters. The van der Waals surface area contributed by atoms with Crippen LogP contribution in [0.4, 0.5) is 4.39 Å². The highest BCUT2D eigenvalue weighted by atomic mass is 19.1. The molecule has 2 aliphatic heterocycles. The van der Waals surface area contributed by atoms with Crippen molar-refractivity contribution >= 4 is 5.91 Å². The fraction of sp³-hybridized carbons (Fsp3) is 0.400. The number of nitrogens with zero attached hydrogens (tertiary/aromatic N) is 4. The summed E-state index contributed by atoms with van der Waals surface area (Å²) in [5.41, 5.74) is 3.38. The number of aromatic nitrogens is 1. The Morgan fingerprint density at radius 3 is 2.19 bits per heavy atom. The minimum Gasteiger partial charge on any atom is -0.490 e. The number of hydrogen-bond donors (Lipinski definition) is 0. The van der Waals surface area contributed by atoms with Gasteiger partial charge in [-0.05, 0) is 47.0 Å². The Bertz CT molecular complexity index is 1140. The third-order valence-electron chi connectivity index (χ3n) is 7.26. The lowest BCUT2D eigenvalue weighted by atomic mass is 10.1. The van der Waals surface area contributed by atoms with E-state index in [4.69, 9.17) is 4.74 Å². The molecule has 2 fully saturated rings. The smallest absolute Gasteiger partial charge is 0.226 e. The number of likely N-dealkylation sites (tertiary alicyclic amines) is 1. The van der Waals surface area contributed by atoms with Gasteiger partial charge in [0.25, 0.3) is 0 Å². The Labute approximate surface area is 218 Å². The second-order valence-corrected chi connectivity index (χ2v) is 10.1. The highest BCUT2D eigenvalue weighted by Crippen LogP contribution is 2.22. The molecule has 37 heavy (non-hydrogen) atoms. The standard InChI is InChI=1S/C30H35FN4O2/c31-27-8-6-24(7-9-27)20-30(36)35-13-10-28(11-14-35)37-29-5-1-3-25(19-29)22-33-15-17-34(18-16-33)23-26-4-2-12-32-21-26/h1-9,12,19,21,28H,10-11,13-18,20,22-23H2. The number of ether oxygens (including phenoxy) is 1. The maximum atomic E-state index is 13.1. The van der Waals surface area contributed by atoms with E-state index >= 15 is 0 Å². The SMILES string of the molecule is O=C(Cc1ccc(F)cc1)N1CCC(Oc2cccc(CN3CCN(Cc4cccnc4)CC3)c2)CC1. The summed E-state index contributed by atoms with van der Waals surface area (Å²) in [4.78, 5) is 23.8. The van der Waals surface area contributed by atoms with Crippen molar-refractivity contribution in [3.05, 3.63) is 95.6 Å². The van der Waals surface area contributed by atoms with Crippen LogP contribution in [-0.2, 0) is 24.3 Å². The van der Waals surface area contributed by atoms with Gasteiger partial charge >= 0.3 is 0 Å². The number of halogens is 1. The summed E-state index contributed by atoms with van der Waals surface area (Å²) < 4.78 is 19.4. The third-order valence-corrected chi connectivity index (χ3v) is 7.26. The molecule has 0 atom stereocenters. The average Bonchev–Trinajstić information content (AvgIpc) is 2.92. The Morgan fingerprint density at radius 2 is 1.51 bits per heavy atom. The first-order chi connectivity index (χ1) is 18.1. The van der Waals surface area contributed by atoms with E-state index in [9.17, 15) is 9.18 Å². The quantitative estimate of drug-likeness (QED) is 0.463. The summed E-state index contributed by atoms with van der Waals surface area (Å²) in [5.74, 6) is 0.717. The number of piperidine rings is 1. The minimum atomic E-state index is -0.280. The molecule has 2 saturated heterocycles. The predicted molar refractivity (Wildman–Crippen MR) is 142 cm³/mol. The van der Waals surface area contributed by atoms with Crippen LogP contribution in [0.15, 0.2) is 73.1 Å². The maximum Gasteiger partial charge on any atom is 0.226 e. The molecule has 1 amide bonds. The van der Waals surface area contributed by atoms with Crippen LogP contribution in [0.3, 0.4) is 0 Å². The van der Waals surface area contributed by atoms with Crippen LogP contribution in [0.5, 0.6) is 5.75 Å². The average molecular weight is 503 g/mol. The van der Waals surface area contributed by atoms with Gasteiger partial charge in [0.1, 0.15) is 17.7 Å². The Kier molecular flexibility index (Phi) is 8.43. The number of amides is 1. The zero-order valence-corrected chi connectivity index (χ0v) is 21.3. The Balaban J connectivity index is 1.05. The molecule has 0 bridgehead atoms. The highest BCUT2D eigenvalue weighted by Gasteiger charge is 2.24. The van der Waals surface area contributed by atoms with Gasteiger partial charge < -0.3 is 9.64 Å². The molecule has 194 valence electrons. The number of rotatable bonds is 8. The molecular weight excluding hydrogens is 467 g/mol. The van der Waals surface area contributed by atoms with Gasteiger partial charge in [0.2, 0.25) is 5.91 Å². The summed E-state index contributed by atoms with van der Waals surface area (Å²) in [5, 5.41) is 0. The molecule has 3 heterocycles. The highest BCUT2D eigenvalue weighted by molar-refractivity contribution is 5.78. The zero-order chi connectivity index (χ0) is 25.5. The van der Waals surface area contributed by atoms with Gasteiger partial charge in [-0.25, -0.2) is 4.39 Å². The van der Waals surface area contributed by atoms with Crippen molar-refractivity contribution in [2.24, 2.45) is 0 Å². The number of carbonyl (C=O) groups is 1. The van der Waals surface area contributed by atoms with Crippen molar-refractivity contribution in [2.45, 2.75) is 38.5 Å². The van der Waals surface area contributed by atoms with Crippen molar-refractivity contribution in [1.29, 1.82) is 0 Å². The zero-order valence-electron chi connectivity index (χ0n) is 21.3. The number of benzene rings is 2. The third kappa shape index (κ3) is 7.37. The van der Waals surface area contributed by atoms with Gasteiger partial charge in [-0.2, -0.15) is 0 Å². The van der Waals surface area contributed by atoms with Crippen LogP contribution in [-0.4, -0.2) is 71.0 Å². The lowest BCUT2D eigenvalue weighted by Crippen LogP contribution is -2.45. The normalized spacial score (nSPS) is 17.6. The van der Waals surface area contributed by atoms with Crippen LogP contribution in [0.2, 0.25) is 0 Å². The van der Waals surface area contributed by atoms with Crippen molar-refractivity contribution in [3.8, 4) is 5.75 Å². The lowest BCUT2D eigenvalue weighted by molar-refractivity contribution is -0.132. The lowest BCUT2D eigenvalue weighted by Gasteiger charge is -2.35. The van der Waals surface area contributed by atoms with E-state index in [2.05, 4.69) is 39.0 Å². The summed E-state index contributed by atoms with van der Waals surface area (Å²) >= 11 is 0. The summed E-state index contributed by atoms with van der Waals surface area (Å²) in [6, 6.07) is 18.7. The topological polar surface area (TPSA) is 48.9 Å². The van der Waals surface area contributed by atoms with E-state index in [1.54, 1.807) is 12.1 Å². The van der Waals surface area contributed by atoms with E-state index in [1.807, 2.05) is 29.4 Å².